The van der Waals surface area contributed by atoms with Gasteiger partial charge in [-0.05, 0) is 25.7 Å². The zero-order chi connectivity index (χ0) is 13.0. The quantitative estimate of drug-likeness (QED) is 0.743. The second-order valence-corrected chi connectivity index (χ2v) is 6.41. The van der Waals surface area contributed by atoms with Crippen LogP contribution in [0.15, 0.2) is 0 Å². The highest BCUT2D eigenvalue weighted by molar-refractivity contribution is 5.82. The van der Waals surface area contributed by atoms with Crippen LogP contribution in [0.25, 0.3) is 0 Å². The SMILES string of the molecule is CC1(C(=O)NC2CCCCCC2O)CCCCC1. The summed E-state index contributed by atoms with van der Waals surface area (Å²) < 4.78 is 0. The summed E-state index contributed by atoms with van der Waals surface area (Å²) in [6, 6.07) is -0.0150. The van der Waals surface area contributed by atoms with Gasteiger partial charge in [-0.25, -0.2) is 0 Å². The molecule has 0 spiro atoms. The highest BCUT2D eigenvalue weighted by Gasteiger charge is 2.36. The van der Waals surface area contributed by atoms with Crippen molar-refractivity contribution in [1.29, 1.82) is 0 Å². The van der Waals surface area contributed by atoms with Gasteiger partial charge in [-0.2, -0.15) is 0 Å². The van der Waals surface area contributed by atoms with Gasteiger partial charge in [0.1, 0.15) is 0 Å². The third-order valence-corrected chi connectivity index (χ3v) is 4.80. The second kappa shape index (κ2) is 6.05. The van der Waals surface area contributed by atoms with Gasteiger partial charge in [0, 0.05) is 5.41 Å². The summed E-state index contributed by atoms with van der Waals surface area (Å²) in [7, 11) is 0. The van der Waals surface area contributed by atoms with E-state index in [9.17, 15) is 9.90 Å². The number of carbonyl (C=O) groups excluding carboxylic acids is 1. The van der Waals surface area contributed by atoms with E-state index in [-0.39, 0.29) is 23.5 Å². The maximum absolute atomic E-state index is 12.4. The third-order valence-electron chi connectivity index (χ3n) is 4.80. The number of amides is 1. The molecular formula is C15H27NO2. The predicted molar refractivity (Wildman–Crippen MR) is 72.2 cm³/mol. The van der Waals surface area contributed by atoms with Gasteiger partial charge in [-0.3, -0.25) is 4.79 Å². The van der Waals surface area contributed by atoms with Crippen molar-refractivity contribution in [2.75, 3.05) is 0 Å². The number of aliphatic hydroxyl groups is 1. The minimum absolute atomic E-state index is 0.0150. The van der Waals surface area contributed by atoms with E-state index in [1.54, 1.807) is 0 Å². The van der Waals surface area contributed by atoms with E-state index in [1.807, 2.05) is 0 Å². The summed E-state index contributed by atoms with van der Waals surface area (Å²) in [5.41, 5.74) is -0.190. The Morgan fingerprint density at radius 2 is 1.67 bits per heavy atom. The molecule has 2 fully saturated rings. The van der Waals surface area contributed by atoms with Gasteiger partial charge in [0.2, 0.25) is 5.91 Å². The number of carbonyl (C=O) groups is 1. The first-order valence-electron chi connectivity index (χ1n) is 7.61. The standard InChI is InChI=1S/C15H27NO2/c1-15(10-6-3-7-11-15)14(18)16-12-8-4-2-5-9-13(12)17/h12-13,17H,2-11H2,1H3,(H,16,18). The summed E-state index contributed by atoms with van der Waals surface area (Å²) in [6.45, 7) is 2.09. The maximum atomic E-state index is 12.4. The molecule has 0 bridgehead atoms. The first-order chi connectivity index (χ1) is 8.62. The van der Waals surface area contributed by atoms with Crippen molar-refractivity contribution in [1.82, 2.24) is 5.32 Å². The summed E-state index contributed by atoms with van der Waals surface area (Å²) in [4.78, 5) is 12.4. The van der Waals surface area contributed by atoms with E-state index in [0.717, 1.165) is 51.4 Å². The Bertz CT molecular complexity index is 284. The third kappa shape index (κ3) is 3.25. The zero-order valence-electron chi connectivity index (χ0n) is 11.6. The van der Waals surface area contributed by atoms with Gasteiger partial charge in [-0.15, -0.1) is 0 Å². The topological polar surface area (TPSA) is 49.3 Å². The molecule has 18 heavy (non-hydrogen) atoms. The van der Waals surface area contributed by atoms with Crippen molar-refractivity contribution >= 4 is 5.91 Å². The molecule has 2 saturated carbocycles. The highest BCUT2D eigenvalue weighted by Crippen LogP contribution is 2.36. The molecular weight excluding hydrogens is 226 g/mol. The molecule has 3 nitrogen and oxygen atoms in total. The molecule has 0 aromatic heterocycles. The summed E-state index contributed by atoms with van der Waals surface area (Å²) >= 11 is 0. The normalized spacial score (nSPS) is 32.6. The number of hydrogen-bond donors (Lipinski definition) is 2. The van der Waals surface area contributed by atoms with E-state index in [1.165, 1.54) is 12.8 Å². The lowest BCUT2D eigenvalue weighted by molar-refractivity contribution is -0.133. The van der Waals surface area contributed by atoms with Crippen LogP contribution in [0, 0.1) is 5.41 Å². The first-order valence-corrected chi connectivity index (χ1v) is 7.61. The zero-order valence-corrected chi connectivity index (χ0v) is 11.6. The van der Waals surface area contributed by atoms with E-state index in [0.29, 0.717) is 0 Å². The van der Waals surface area contributed by atoms with Crippen molar-refractivity contribution in [3.05, 3.63) is 0 Å². The van der Waals surface area contributed by atoms with Crippen LogP contribution in [0.3, 0.4) is 0 Å². The fraction of sp³-hybridized carbons (Fsp3) is 0.933. The monoisotopic (exact) mass is 253 g/mol. The Balaban J connectivity index is 1.92. The van der Waals surface area contributed by atoms with Crippen LogP contribution in [-0.4, -0.2) is 23.2 Å². The van der Waals surface area contributed by atoms with Gasteiger partial charge in [-0.1, -0.05) is 45.4 Å². The summed E-state index contributed by atoms with van der Waals surface area (Å²) in [5, 5.41) is 13.2. The van der Waals surface area contributed by atoms with Gasteiger partial charge in [0.15, 0.2) is 0 Å². The Labute approximate surface area is 110 Å². The van der Waals surface area contributed by atoms with Crippen LogP contribution < -0.4 is 5.32 Å². The number of hydrogen-bond acceptors (Lipinski definition) is 2. The van der Waals surface area contributed by atoms with Crippen molar-refractivity contribution in [2.45, 2.75) is 83.3 Å². The molecule has 3 heteroatoms. The minimum Gasteiger partial charge on any atom is -0.391 e. The van der Waals surface area contributed by atoms with Crippen LogP contribution in [0.1, 0.15) is 71.1 Å². The molecule has 0 aliphatic heterocycles. The molecule has 2 aliphatic carbocycles. The predicted octanol–water partition coefficient (Wildman–Crippen LogP) is 2.77. The lowest BCUT2D eigenvalue weighted by atomic mass is 9.75. The van der Waals surface area contributed by atoms with Gasteiger partial charge < -0.3 is 10.4 Å². The Hall–Kier alpha value is -0.570. The van der Waals surface area contributed by atoms with Crippen LogP contribution in [0.2, 0.25) is 0 Å². The van der Waals surface area contributed by atoms with Crippen LogP contribution >= 0.6 is 0 Å². The minimum atomic E-state index is -0.344. The average Bonchev–Trinajstić information content (AvgIpc) is 2.56. The number of rotatable bonds is 2. The Kier molecular flexibility index (Phi) is 4.66. The average molecular weight is 253 g/mol. The molecule has 0 aromatic rings. The molecule has 0 radical (unpaired) electrons. The van der Waals surface area contributed by atoms with Crippen molar-refractivity contribution < 1.29 is 9.90 Å². The van der Waals surface area contributed by atoms with Gasteiger partial charge in [0.25, 0.3) is 0 Å². The lowest BCUT2D eigenvalue weighted by Crippen LogP contribution is -2.49. The molecule has 0 saturated heterocycles. The fourth-order valence-electron chi connectivity index (χ4n) is 3.36. The van der Waals surface area contributed by atoms with Crippen molar-refractivity contribution in [3.63, 3.8) is 0 Å². The first kappa shape index (κ1) is 13.9. The Morgan fingerprint density at radius 3 is 2.39 bits per heavy atom. The molecule has 0 heterocycles. The number of nitrogens with one attached hydrogen (secondary N) is 1. The molecule has 2 atom stereocenters. The van der Waals surface area contributed by atoms with Crippen LogP contribution in [0.4, 0.5) is 0 Å². The highest BCUT2D eigenvalue weighted by atomic mass is 16.3. The molecule has 2 rings (SSSR count). The van der Waals surface area contributed by atoms with Crippen LogP contribution in [-0.2, 0) is 4.79 Å². The summed E-state index contributed by atoms with van der Waals surface area (Å²) in [5.74, 6) is 0.174. The van der Waals surface area contributed by atoms with Gasteiger partial charge in [0.05, 0.1) is 12.1 Å². The van der Waals surface area contributed by atoms with Crippen molar-refractivity contribution in [3.8, 4) is 0 Å². The van der Waals surface area contributed by atoms with E-state index < -0.39 is 0 Å². The molecule has 0 aromatic carbocycles. The lowest BCUT2D eigenvalue weighted by Gasteiger charge is -2.34. The van der Waals surface area contributed by atoms with Crippen molar-refractivity contribution in [2.24, 2.45) is 5.41 Å². The molecule has 2 N–H and O–H groups in total. The molecule has 2 unspecified atom stereocenters. The van der Waals surface area contributed by atoms with Gasteiger partial charge >= 0.3 is 0 Å². The number of aliphatic hydroxyl groups excluding tert-OH is 1. The van der Waals surface area contributed by atoms with E-state index in [2.05, 4.69) is 12.2 Å². The molecule has 1 amide bonds. The molecule has 2 aliphatic rings. The van der Waals surface area contributed by atoms with E-state index in [4.69, 9.17) is 0 Å². The maximum Gasteiger partial charge on any atom is 0.226 e. The Morgan fingerprint density at radius 1 is 1.06 bits per heavy atom. The van der Waals surface area contributed by atoms with E-state index >= 15 is 0 Å². The second-order valence-electron chi connectivity index (χ2n) is 6.41. The smallest absolute Gasteiger partial charge is 0.226 e. The largest absolute Gasteiger partial charge is 0.391 e. The summed E-state index contributed by atoms with van der Waals surface area (Å²) in [6.07, 6.45) is 10.4. The molecule has 104 valence electrons. The van der Waals surface area contributed by atoms with Crippen LogP contribution in [0.5, 0.6) is 0 Å². The fourth-order valence-corrected chi connectivity index (χ4v) is 3.36.